The molecule has 36 heavy (non-hydrogen) atoms. The first kappa shape index (κ1) is 26.3. The zero-order valence-electron chi connectivity index (χ0n) is 21.0. The van der Waals surface area contributed by atoms with Crippen molar-refractivity contribution in [3.05, 3.63) is 58.6 Å². The van der Waals surface area contributed by atoms with Gasteiger partial charge in [-0.05, 0) is 80.8 Å². The van der Waals surface area contributed by atoms with E-state index >= 15 is 0 Å². The Morgan fingerprint density at radius 2 is 1.83 bits per heavy atom. The Bertz CT molecular complexity index is 1060. The zero-order chi connectivity index (χ0) is 25.7. The van der Waals surface area contributed by atoms with Crippen molar-refractivity contribution >= 4 is 23.4 Å². The second kappa shape index (κ2) is 11.5. The summed E-state index contributed by atoms with van der Waals surface area (Å²) in [5.74, 6) is 1.15. The second-order valence-corrected chi connectivity index (χ2v) is 10.5. The van der Waals surface area contributed by atoms with E-state index in [1.165, 1.54) is 0 Å². The van der Waals surface area contributed by atoms with Crippen LogP contribution in [-0.4, -0.2) is 53.7 Å². The van der Waals surface area contributed by atoms with Crippen molar-refractivity contribution in [3.63, 3.8) is 0 Å². The molecule has 1 atom stereocenters. The lowest BCUT2D eigenvalue weighted by atomic mass is 9.83. The second-order valence-electron chi connectivity index (χ2n) is 10.1. The standard InChI is InChI=1S/C28H35ClN2O5/c1-28(34)12-9-22(10-13-28)31-14-11-21(27(31)33)15-20-5-8-24(16-25(20)29)36-18-26(32)30-17-19-3-6-23(35-2)7-4-19/h3-8,16,21-22,34H,9-15,17-18H2,1-2H3,(H,30,32). The number of amides is 2. The van der Waals surface area contributed by atoms with Gasteiger partial charge in [-0.3, -0.25) is 9.59 Å². The van der Waals surface area contributed by atoms with Crippen LogP contribution in [0.4, 0.5) is 0 Å². The molecule has 2 aromatic carbocycles. The molecule has 194 valence electrons. The van der Waals surface area contributed by atoms with Crippen molar-refractivity contribution in [1.82, 2.24) is 10.2 Å². The highest BCUT2D eigenvalue weighted by Gasteiger charge is 2.39. The van der Waals surface area contributed by atoms with Gasteiger partial charge in [-0.2, -0.15) is 0 Å². The van der Waals surface area contributed by atoms with E-state index in [-0.39, 0.29) is 30.4 Å². The van der Waals surface area contributed by atoms with Gasteiger partial charge in [0.1, 0.15) is 11.5 Å². The smallest absolute Gasteiger partial charge is 0.258 e. The SMILES string of the molecule is COc1ccc(CNC(=O)COc2ccc(CC3CCN(C4CCC(C)(O)CC4)C3=O)c(Cl)c2)cc1. The number of carbonyl (C=O) groups excluding carboxylic acids is 2. The molecule has 1 aliphatic carbocycles. The van der Waals surface area contributed by atoms with Crippen LogP contribution in [0.3, 0.4) is 0 Å². The summed E-state index contributed by atoms with van der Waals surface area (Å²) in [5.41, 5.74) is 1.26. The molecule has 2 aliphatic rings. The van der Waals surface area contributed by atoms with Crippen molar-refractivity contribution in [2.75, 3.05) is 20.3 Å². The Morgan fingerprint density at radius 1 is 1.14 bits per heavy atom. The predicted octanol–water partition coefficient (Wildman–Crippen LogP) is 4.13. The van der Waals surface area contributed by atoms with Gasteiger partial charge in [-0.15, -0.1) is 0 Å². The third-order valence-corrected chi connectivity index (χ3v) is 7.69. The van der Waals surface area contributed by atoms with Gasteiger partial charge >= 0.3 is 0 Å². The number of methoxy groups -OCH3 is 1. The molecule has 2 amide bonds. The minimum atomic E-state index is -0.604. The van der Waals surface area contributed by atoms with Crippen LogP contribution in [0.2, 0.25) is 5.02 Å². The van der Waals surface area contributed by atoms with Crippen LogP contribution < -0.4 is 14.8 Å². The molecule has 1 heterocycles. The molecule has 0 aromatic heterocycles. The number of hydrogen-bond donors (Lipinski definition) is 2. The first-order valence-corrected chi connectivity index (χ1v) is 13.0. The van der Waals surface area contributed by atoms with E-state index in [1.807, 2.05) is 42.2 Å². The number of aliphatic hydroxyl groups is 1. The van der Waals surface area contributed by atoms with Gasteiger partial charge in [0.15, 0.2) is 6.61 Å². The molecule has 0 bridgehead atoms. The largest absolute Gasteiger partial charge is 0.497 e. The van der Waals surface area contributed by atoms with Crippen molar-refractivity contribution in [3.8, 4) is 11.5 Å². The third kappa shape index (κ3) is 6.71. The molecule has 1 saturated heterocycles. The number of ether oxygens (including phenoxy) is 2. The molecular formula is C28H35ClN2O5. The molecule has 8 heteroatoms. The molecule has 1 saturated carbocycles. The number of nitrogens with zero attached hydrogens (tertiary/aromatic N) is 1. The molecule has 2 N–H and O–H groups in total. The molecule has 0 spiro atoms. The number of halogens is 1. The van der Waals surface area contributed by atoms with Gasteiger partial charge in [-0.1, -0.05) is 29.8 Å². The maximum absolute atomic E-state index is 13.1. The number of hydrogen-bond acceptors (Lipinski definition) is 5. The summed E-state index contributed by atoms with van der Waals surface area (Å²) in [6.07, 6.45) is 4.57. The van der Waals surface area contributed by atoms with E-state index in [0.717, 1.165) is 55.5 Å². The molecule has 1 unspecified atom stereocenters. The summed E-state index contributed by atoms with van der Waals surface area (Å²) in [4.78, 5) is 27.3. The highest BCUT2D eigenvalue weighted by atomic mass is 35.5. The van der Waals surface area contributed by atoms with E-state index in [1.54, 1.807) is 19.2 Å². The molecular weight excluding hydrogens is 480 g/mol. The Kier molecular flexibility index (Phi) is 8.42. The predicted molar refractivity (Wildman–Crippen MR) is 138 cm³/mol. The van der Waals surface area contributed by atoms with E-state index in [2.05, 4.69) is 5.32 Å². The first-order chi connectivity index (χ1) is 17.2. The molecule has 0 radical (unpaired) electrons. The maximum atomic E-state index is 13.1. The lowest BCUT2D eigenvalue weighted by Gasteiger charge is -2.37. The highest BCUT2D eigenvalue weighted by Crippen LogP contribution is 2.35. The van der Waals surface area contributed by atoms with Gasteiger partial charge in [-0.25, -0.2) is 0 Å². The van der Waals surface area contributed by atoms with Crippen LogP contribution in [-0.2, 0) is 22.6 Å². The van der Waals surface area contributed by atoms with E-state index in [9.17, 15) is 14.7 Å². The number of likely N-dealkylation sites (tertiary alicyclic amines) is 1. The average molecular weight is 515 g/mol. The van der Waals surface area contributed by atoms with Crippen LogP contribution >= 0.6 is 11.6 Å². The first-order valence-electron chi connectivity index (χ1n) is 12.6. The van der Waals surface area contributed by atoms with E-state index < -0.39 is 5.60 Å². The average Bonchev–Trinajstić information content (AvgIpc) is 3.23. The van der Waals surface area contributed by atoms with Crippen LogP contribution in [0.5, 0.6) is 11.5 Å². The number of rotatable bonds is 9. The Morgan fingerprint density at radius 3 is 2.50 bits per heavy atom. The normalized spacial score (nSPS) is 24.0. The van der Waals surface area contributed by atoms with Gasteiger partial charge in [0.25, 0.3) is 5.91 Å². The zero-order valence-corrected chi connectivity index (χ0v) is 21.7. The summed E-state index contributed by atoms with van der Waals surface area (Å²) in [5, 5.41) is 13.6. The van der Waals surface area contributed by atoms with Gasteiger partial charge in [0.05, 0.1) is 12.7 Å². The Hall–Kier alpha value is -2.77. The molecule has 2 aromatic rings. The van der Waals surface area contributed by atoms with Crippen molar-refractivity contribution < 1.29 is 24.2 Å². The summed E-state index contributed by atoms with van der Waals surface area (Å²) < 4.78 is 10.8. The third-order valence-electron chi connectivity index (χ3n) is 7.33. The van der Waals surface area contributed by atoms with Crippen LogP contribution in [0.15, 0.2) is 42.5 Å². The molecule has 4 rings (SSSR count). The summed E-state index contributed by atoms with van der Waals surface area (Å²) in [6.45, 7) is 2.93. The number of carbonyl (C=O) groups is 2. The number of nitrogens with one attached hydrogen (secondary N) is 1. The van der Waals surface area contributed by atoms with Gasteiger partial charge in [0, 0.05) is 30.1 Å². The highest BCUT2D eigenvalue weighted by molar-refractivity contribution is 6.31. The quantitative estimate of drug-likeness (QED) is 0.525. The Labute approximate surface area is 217 Å². The molecule has 7 nitrogen and oxygen atoms in total. The Balaban J connectivity index is 1.24. The maximum Gasteiger partial charge on any atom is 0.258 e. The monoisotopic (exact) mass is 514 g/mol. The fraction of sp³-hybridized carbons (Fsp3) is 0.500. The lowest BCUT2D eigenvalue weighted by Crippen LogP contribution is -2.43. The van der Waals surface area contributed by atoms with Crippen LogP contribution in [0.25, 0.3) is 0 Å². The lowest BCUT2D eigenvalue weighted by molar-refractivity contribution is -0.134. The van der Waals surface area contributed by atoms with E-state index in [0.29, 0.717) is 23.7 Å². The minimum absolute atomic E-state index is 0.0829. The van der Waals surface area contributed by atoms with E-state index in [4.69, 9.17) is 21.1 Å². The van der Waals surface area contributed by atoms with Gasteiger partial charge < -0.3 is 24.8 Å². The van der Waals surface area contributed by atoms with Crippen molar-refractivity contribution in [2.24, 2.45) is 5.92 Å². The number of benzene rings is 2. The fourth-order valence-corrected chi connectivity index (χ4v) is 5.29. The topological polar surface area (TPSA) is 88.1 Å². The van der Waals surface area contributed by atoms with Crippen molar-refractivity contribution in [2.45, 2.75) is 63.6 Å². The van der Waals surface area contributed by atoms with Crippen molar-refractivity contribution in [1.29, 1.82) is 0 Å². The van der Waals surface area contributed by atoms with Crippen LogP contribution in [0, 0.1) is 5.92 Å². The minimum Gasteiger partial charge on any atom is -0.497 e. The summed E-state index contributed by atoms with van der Waals surface area (Å²) in [6, 6.07) is 13.1. The summed E-state index contributed by atoms with van der Waals surface area (Å²) in [7, 11) is 1.61. The van der Waals surface area contributed by atoms with Gasteiger partial charge in [0.2, 0.25) is 5.91 Å². The van der Waals surface area contributed by atoms with Crippen LogP contribution in [0.1, 0.15) is 50.2 Å². The fourth-order valence-electron chi connectivity index (χ4n) is 5.04. The molecule has 2 fully saturated rings. The summed E-state index contributed by atoms with van der Waals surface area (Å²) >= 11 is 6.51. The molecule has 1 aliphatic heterocycles.